The van der Waals surface area contributed by atoms with E-state index in [-0.39, 0.29) is 0 Å². The van der Waals surface area contributed by atoms with Crippen LogP contribution in [0.3, 0.4) is 0 Å². The van der Waals surface area contributed by atoms with Crippen LogP contribution in [-0.4, -0.2) is 11.5 Å². The van der Waals surface area contributed by atoms with Crippen LogP contribution in [0.15, 0.2) is 150 Å². The fourth-order valence-corrected chi connectivity index (χ4v) is 5.03. The van der Waals surface area contributed by atoms with E-state index in [1.54, 1.807) is 0 Å². The van der Waals surface area contributed by atoms with Gasteiger partial charge in [0.15, 0.2) is 17.3 Å². The van der Waals surface area contributed by atoms with Crippen molar-refractivity contribution in [2.45, 2.75) is 6.42 Å². The summed E-state index contributed by atoms with van der Waals surface area (Å²) in [7, 11) is 0. The van der Waals surface area contributed by atoms with Crippen LogP contribution >= 0.6 is 0 Å². The summed E-state index contributed by atoms with van der Waals surface area (Å²) in [6, 6.07) is 45.4. The molecule has 4 heteroatoms. The van der Waals surface area contributed by atoms with Crippen molar-refractivity contribution in [1.29, 1.82) is 0 Å². The molecule has 0 saturated carbocycles. The molecule has 4 nitrogen and oxygen atoms in total. The molecule has 2 aliphatic heterocycles. The lowest BCUT2D eigenvalue weighted by atomic mass is 10.1. The first-order valence-electron chi connectivity index (χ1n) is 13.1. The van der Waals surface area contributed by atoms with Gasteiger partial charge in [0.25, 0.3) is 0 Å². The summed E-state index contributed by atoms with van der Waals surface area (Å²) in [6.07, 6.45) is 2.88. The molecule has 2 aliphatic rings. The van der Waals surface area contributed by atoms with Crippen LogP contribution in [-0.2, 0) is 0 Å². The largest absolute Gasteiger partial charge is 0.453 e. The second-order valence-corrected chi connectivity index (χ2v) is 9.44. The number of aliphatic imine (C=N–C) groups is 2. The van der Waals surface area contributed by atoms with E-state index in [0.29, 0.717) is 12.3 Å². The van der Waals surface area contributed by atoms with Crippen LogP contribution in [0.25, 0.3) is 5.70 Å². The average Bonchev–Trinajstić information content (AvgIpc) is 3.25. The Hall–Kier alpha value is -5.22. The molecule has 0 amide bonds. The number of para-hydroxylation sites is 4. The Kier molecular flexibility index (Phi) is 5.83. The van der Waals surface area contributed by atoms with Crippen molar-refractivity contribution in [3.63, 3.8) is 0 Å². The standard InChI is InChI=1S/C35H25N3O/c1-3-11-25(12-4-1)29-23-24-30(26-13-5-2-6-14-26)37-35(36-29)27-19-21-28(22-20-27)38-31-15-7-9-17-33(31)39-34-18-10-8-16-32(34)38/h1-23H,24H2. The van der Waals surface area contributed by atoms with Crippen LogP contribution in [0.2, 0.25) is 0 Å². The fourth-order valence-electron chi connectivity index (χ4n) is 5.03. The van der Waals surface area contributed by atoms with Crippen molar-refractivity contribution < 1.29 is 4.74 Å². The van der Waals surface area contributed by atoms with E-state index in [4.69, 9.17) is 14.7 Å². The Morgan fingerprint density at radius 2 is 1.08 bits per heavy atom. The summed E-state index contributed by atoms with van der Waals surface area (Å²) < 4.78 is 6.18. The number of ether oxygens (including phenoxy) is 1. The second kappa shape index (κ2) is 9.92. The van der Waals surface area contributed by atoms with Gasteiger partial charge in [-0.2, -0.15) is 0 Å². The number of benzene rings is 5. The molecule has 0 N–H and O–H groups in total. The summed E-state index contributed by atoms with van der Waals surface area (Å²) in [6.45, 7) is 0. The molecule has 0 radical (unpaired) electrons. The number of rotatable bonds is 4. The van der Waals surface area contributed by atoms with Crippen LogP contribution in [0.1, 0.15) is 23.1 Å². The van der Waals surface area contributed by atoms with Gasteiger partial charge in [-0.3, -0.25) is 0 Å². The number of fused-ring (bicyclic) bond motifs is 2. The molecular weight excluding hydrogens is 478 g/mol. The summed E-state index contributed by atoms with van der Waals surface area (Å²) in [4.78, 5) is 12.4. The first-order chi connectivity index (χ1) is 19.3. The minimum atomic E-state index is 0.704. The van der Waals surface area contributed by atoms with Gasteiger partial charge in [-0.05, 0) is 59.7 Å². The maximum absolute atomic E-state index is 6.18. The van der Waals surface area contributed by atoms with Crippen molar-refractivity contribution in [2.24, 2.45) is 9.98 Å². The topological polar surface area (TPSA) is 37.2 Å². The van der Waals surface area contributed by atoms with Crippen LogP contribution < -0.4 is 9.64 Å². The van der Waals surface area contributed by atoms with E-state index in [9.17, 15) is 0 Å². The molecule has 2 heterocycles. The Morgan fingerprint density at radius 1 is 0.513 bits per heavy atom. The third kappa shape index (κ3) is 4.42. The van der Waals surface area contributed by atoms with Gasteiger partial charge in [0, 0.05) is 17.7 Å². The summed E-state index contributed by atoms with van der Waals surface area (Å²) in [5.74, 6) is 2.38. The predicted molar refractivity (Wildman–Crippen MR) is 160 cm³/mol. The van der Waals surface area contributed by atoms with Gasteiger partial charge in [0.05, 0.1) is 22.8 Å². The minimum Gasteiger partial charge on any atom is -0.453 e. The van der Waals surface area contributed by atoms with Crippen LogP contribution in [0, 0.1) is 0 Å². The van der Waals surface area contributed by atoms with Crippen molar-refractivity contribution in [2.75, 3.05) is 4.90 Å². The van der Waals surface area contributed by atoms with Crippen molar-refractivity contribution in [3.8, 4) is 11.5 Å². The highest BCUT2D eigenvalue weighted by Crippen LogP contribution is 2.49. The van der Waals surface area contributed by atoms with E-state index in [1.807, 2.05) is 72.8 Å². The highest BCUT2D eigenvalue weighted by Gasteiger charge is 2.25. The summed E-state index contributed by atoms with van der Waals surface area (Å²) >= 11 is 0. The molecule has 0 aromatic heterocycles. The normalized spacial score (nSPS) is 14.2. The van der Waals surface area contributed by atoms with E-state index in [2.05, 4.69) is 71.6 Å². The Morgan fingerprint density at radius 3 is 1.72 bits per heavy atom. The van der Waals surface area contributed by atoms with E-state index in [1.165, 1.54) is 0 Å². The minimum absolute atomic E-state index is 0.704. The SMILES string of the molecule is C1=C(c2ccccc2)N=C(c2ccc(N3c4ccccc4Oc4ccccc43)cc2)N=C(c2ccccc2)C1. The van der Waals surface area contributed by atoms with E-state index < -0.39 is 0 Å². The van der Waals surface area contributed by atoms with Crippen molar-refractivity contribution in [3.05, 3.63) is 156 Å². The number of hydrogen-bond donors (Lipinski definition) is 0. The molecule has 5 aromatic carbocycles. The molecule has 186 valence electrons. The molecule has 0 bridgehead atoms. The Labute approximate surface area is 227 Å². The zero-order valence-electron chi connectivity index (χ0n) is 21.2. The Bertz CT molecular complexity index is 1690. The second-order valence-electron chi connectivity index (χ2n) is 9.44. The Balaban J connectivity index is 1.31. The highest BCUT2D eigenvalue weighted by molar-refractivity contribution is 6.15. The molecule has 0 saturated heterocycles. The zero-order chi connectivity index (χ0) is 26.0. The van der Waals surface area contributed by atoms with Gasteiger partial charge >= 0.3 is 0 Å². The van der Waals surface area contributed by atoms with Gasteiger partial charge in [-0.1, -0.05) is 91.0 Å². The van der Waals surface area contributed by atoms with Crippen molar-refractivity contribution in [1.82, 2.24) is 0 Å². The molecule has 7 rings (SSSR count). The quantitative estimate of drug-likeness (QED) is 0.241. The number of anilines is 3. The molecule has 0 aliphatic carbocycles. The van der Waals surface area contributed by atoms with Crippen LogP contribution in [0.4, 0.5) is 17.1 Å². The lowest BCUT2D eigenvalue weighted by Gasteiger charge is -2.32. The number of nitrogens with zero attached hydrogens (tertiary/aromatic N) is 3. The maximum atomic E-state index is 6.18. The third-order valence-electron chi connectivity index (χ3n) is 6.95. The maximum Gasteiger partial charge on any atom is 0.160 e. The number of amidine groups is 1. The zero-order valence-corrected chi connectivity index (χ0v) is 21.2. The van der Waals surface area contributed by atoms with Crippen molar-refractivity contribution >= 4 is 34.3 Å². The number of allylic oxidation sites excluding steroid dienone is 1. The fraction of sp³-hybridized carbons (Fsp3) is 0.0286. The van der Waals surface area contributed by atoms with E-state index >= 15 is 0 Å². The van der Waals surface area contributed by atoms with Gasteiger partial charge < -0.3 is 9.64 Å². The lowest BCUT2D eigenvalue weighted by Crippen LogP contribution is -2.15. The van der Waals surface area contributed by atoms with Gasteiger partial charge in [-0.15, -0.1) is 0 Å². The molecule has 39 heavy (non-hydrogen) atoms. The monoisotopic (exact) mass is 503 g/mol. The lowest BCUT2D eigenvalue weighted by molar-refractivity contribution is 0.477. The molecule has 0 spiro atoms. The summed E-state index contributed by atoms with van der Waals surface area (Å²) in [5.41, 5.74) is 8.14. The first kappa shape index (κ1) is 22.9. The van der Waals surface area contributed by atoms with Crippen LogP contribution in [0.5, 0.6) is 11.5 Å². The average molecular weight is 504 g/mol. The molecule has 0 atom stereocenters. The third-order valence-corrected chi connectivity index (χ3v) is 6.95. The molecule has 0 fully saturated rings. The smallest absolute Gasteiger partial charge is 0.160 e. The molecular formula is C35H25N3O. The number of hydrogen-bond acceptors (Lipinski definition) is 4. The van der Waals surface area contributed by atoms with Gasteiger partial charge in [0.2, 0.25) is 0 Å². The van der Waals surface area contributed by atoms with Gasteiger partial charge in [-0.25, -0.2) is 9.98 Å². The molecule has 0 unspecified atom stereocenters. The highest BCUT2D eigenvalue weighted by atomic mass is 16.5. The van der Waals surface area contributed by atoms with E-state index in [0.717, 1.165) is 56.7 Å². The summed E-state index contributed by atoms with van der Waals surface area (Å²) in [5, 5.41) is 0. The predicted octanol–water partition coefficient (Wildman–Crippen LogP) is 8.94. The van der Waals surface area contributed by atoms with Gasteiger partial charge in [0.1, 0.15) is 0 Å². The molecule has 5 aromatic rings. The first-order valence-corrected chi connectivity index (χ1v) is 13.1.